The molecule has 0 aliphatic rings. The molecule has 0 aliphatic heterocycles. The second-order valence-electron chi connectivity index (χ2n) is 6.22. The molecule has 0 saturated carbocycles. The number of carbonyl (C=O) groups excluding carboxylic acids is 1. The summed E-state index contributed by atoms with van der Waals surface area (Å²) in [4.78, 5) is 31.4. The zero-order valence-corrected chi connectivity index (χ0v) is 15.9. The summed E-state index contributed by atoms with van der Waals surface area (Å²) in [5.41, 5.74) is 1.25. The van der Waals surface area contributed by atoms with Gasteiger partial charge in [0.15, 0.2) is 0 Å². The molecule has 0 spiro atoms. The van der Waals surface area contributed by atoms with Crippen molar-refractivity contribution in [3.05, 3.63) is 64.4 Å². The number of H-pyrrole nitrogens is 1. The minimum Gasteiger partial charge on any atom is -0.347 e. The number of aromatic amines is 1. The molecule has 0 aliphatic carbocycles. The molecule has 1 aromatic carbocycles. The Labute approximate surface area is 160 Å². The highest BCUT2D eigenvalue weighted by Gasteiger charge is 2.11. The number of carbonyl (C=O) groups is 1. The highest BCUT2D eigenvalue weighted by molar-refractivity contribution is 7.99. The molecule has 2 N–H and O–H groups in total. The van der Waals surface area contributed by atoms with Crippen molar-refractivity contribution in [2.24, 2.45) is 0 Å². The van der Waals surface area contributed by atoms with Crippen LogP contribution >= 0.6 is 11.8 Å². The SMILES string of the molecule is CC(C)Sc1ccc(CC(=O)NCc2nc(-c3cc[nH]c(=O)c3)no2)cc1. The molecule has 2 heterocycles. The minimum absolute atomic E-state index is 0.129. The number of hydrogen-bond donors (Lipinski definition) is 2. The van der Waals surface area contributed by atoms with Crippen LogP contribution in [0.3, 0.4) is 0 Å². The van der Waals surface area contributed by atoms with Crippen LogP contribution in [0.4, 0.5) is 0 Å². The molecule has 140 valence electrons. The molecule has 0 atom stereocenters. The lowest BCUT2D eigenvalue weighted by Gasteiger charge is -2.06. The number of hydrogen-bond acceptors (Lipinski definition) is 6. The van der Waals surface area contributed by atoms with E-state index in [1.807, 2.05) is 24.3 Å². The molecule has 3 aromatic rings. The zero-order chi connectivity index (χ0) is 19.2. The second kappa shape index (κ2) is 8.68. The summed E-state index contributed by atoms with van der Waals surface area (Å²) in [6.07, 6.45) is 1.79. The standard InChI is InChI=1S/C19H20N4O3S/c1-12(2)27-15-5-3-13(4-6-15)9-16(24)21-11-18-22-19(23-26-18)14-7-8-20-17(25)10-14/h3-8,10,12H,9,11H2,1-2H3,(H,20,25)(H,21,24). The van der Waals surface area contributed by atoms with Gasteiger partial charge >= 0.3 is 0 Å². The number of nitrogens with zero attached hydrogens (tertiary/aromatic N) is 2. The summed E-state index contributed by atoms with van der Waals surface area (Å²) in [7, 11) is 0. The van der Waals surface area contributed by atoms with Crippen LogP contribution in [0, 0.1) is 0 Å². The van der Waals surface area contributed by atoms with E-state index >= 15 is 0 Å². The molecule has 0 fully saturated rings. The maximum absolute atomic E-state index is 12.1. The largest absolute Gasteiger partial charge is 0.347 e. The molecular weight excluding hydrogens is 364 g/mol. The molecule has 3 rings (SSSR count). The van der Waals surface area contributed by atoms with Gasteiger partial charge in [-0.25, -0.2) is 0 Å². The number of pyridine rings is 1. The van der Waals surface area contributed by atoms with Gasteiger partial charge < -0.3 is 14.8 Å². The van der Waals surface area contributed by atoms with Gasteiger partial charge in [0.1, 0.15) is 0 Å². The lowest BCUT2D eigenvalue weighted by atomic mass is 10.1. The van der Waals surface area contributed by atoms with Crippen molar-refractivity contribution in [1.82, 2.24) is 20.4 Å². The van der Waals surface area contributed by atoms with Gasteiger partial charge in [0.25, 0.3) is 0 Å². The van der Waals surface area contributed by atoms with Crippen LogP contribution in [-0.2, 0) is 17.8 Å². The number of rotatable bonds is 7. The molecule has 0 bridgehead atoms. The molecule has 2 aromatic heterocycles. The third-order valence-electron chi connectivity index (χ3n) is 3.60. The maximum atomic E-state index is 12.1. The van der Waals surface area contributed by atoms with Gasteiger partial charge in [-0.1, -0.05) is 31.1 Å². The molecule has 7 nitrogen and oxygen atoms in total. The van der Waals surface area contributed by atoms with Crippen molar-refractivity contribution >= 4 is 17.7 Å². The predicted octanol–water partition coefficient (Wildman–Crippen LogP) is 2.78. The Morgan fingerprint density at radius 3 is 2.74 bits per heavy atom. The van der Waals surface area contributed by atoms with Crippen LogP contribution in [0.1, 0.15) is 25.3 Å². The van der Waals surface area contributed by atoms with Gasteiger partial charge in [-0.15, -0.1) is 11.8 Å². The minimum atomic E-state index is -0.245. The normalized spacial score (nSPS) is 10.9. The second-order valence-corrected chi connectivity index (χ2v) is 7.87. The smallest absolute Gasteiger partial charge is 0.248 e. The number of nitrogens with one attached hydrogen (secondary N) is 2. The number of amides is 1. The average molecular weight is 384 g/mol. The quantitative estimate of drug-likeness (QED) is 0.608. The highest BCUT2D eigenvalue weighted by atomic mass is 32.2. The van der Waals surface area contributed by atoms with E-state index in [1.54, 1.807) is 17.8 Å². The average Bonchev–Trinajstić information content (AvgIpc) is 3.10. The van der Waals surface area contributed by atoms with Gasteiger partial charge in [-0.05, 0) is 23.8 Å². The summed E-state index contributed by atoms with van der Waals surface area (Å²) in [6.45, 7) is 4.42. The first-order valence-electron chi connectivity index (χ1n) is 8.53. The van der Waals surface area contributed by atoms with Crippen LogP contribution < -0.4 is 10.9 Å². The van der Waals surface area contributed by atoms with E-state index in [4.69, 9.17) is 4.52 Å². The topological polar surface area (TPSA) is 101 Å². The molecule has 1 amide bonds. The highest BCUT2D eigenvalue weighted by Crippen LogP contribution is 2.23. The molecule has 8 heteroatoms. The fourth-order valence-electron chi connectivity index (χ4n) is 2.41. The molecule has 0 unspecified atom stereocenters. The van der Waals surface area contributed by atoms with Gasteiger partial charge in [-0.3, -0.25) is 9.59 Å². The number of aromatic nitrogens is 3. The van der Waals surface area contributed by atoms with Crippen molar-refractivity contribution in [2.75, 3.05) is 0 Å². The Balaban J connectivity index is 1.53. The van der Waals surface area contributed by atoms with E-state index in [1.165, 1.54) is 17.2 Å². The summed E-state index contributed by atoms with van der Waals surface area (Å²) in [5.74, 6) is 0.459. The fraction of sp³-hybridized carbons (Fsp3) is 0.263. The molecular formula is C19H20N4O3S. The number of benzene rings is 1. The summed E-state index contributed by atoms with van der Waals surface area (Å²) < 4.78 is 5.12. The molecule has 0 saturated heterocycles. The summed E-state index contributed by atoms with van der Waals surface area (Å²) in [5, 5.41) is 7.11. The zero-order valence-electron chi connectivity index (χ0n) is 15.1. The van der Waals surface area contributed by atoms with Crippen LogP contribution in [0.5, 0.6) is 0 Å². The summed E-state index contributed by atoms with van der Waals surface area (Å²) >= 11 is 1.79. The van der Waals surface area contributed by atoms with E-state index in [0.717, 1.165) is 5.56 Å². The number of thioether (sulfide) groups is 1. The third kappa shape index (κ3) is 5.55. The van der Waals surface area contributed by atoms with Gasteiger partial charge in [0.05, 0.1) is 13.0 Å². The van der Waals surface area contributed by atoms with Crippen molar-refractivity contribution in [2.45, 2.75) is 37.0 Å². The van der Waals surface area contributed by atoms with E-state index < -0.39 is 0 Å². The van der Waals surface area contributed by atoms with Crippen molar-refractivity contribution in [3.8, 4) is 11.4 Å². The Hall–Kier alpha value is -2.87. The molecule has 0 radical (unpaired) electrons. The first-order chi connectivity index (χ1) is 13.0. The van der Waals surface area contributed by atoms with Crippen LogP contribution in [0.15, 0.2) is 56.8 Å². The fourth-order valence-corrected chi connectivity index (χ4v) is 3.25. The third-order valence-corrected chi connectivity index (χ3v) is 4.61. The molecule has 27 heavy (non-hydrogen) atoms. The van der Waals surface area contributed by atoms with E-state index in [0.29, 0.717) is 16.6 Å². The van der Waals surface area contributed by atoms with Crippen LogP contribution in [-0.4, -0.2) is 26.3 Å². The van der Waals surface area contributed by atoms with Crippen molar-refractivity contribution < 1.29 is 9.32 Å². The summed E-state index contributed by atoms with van der Waals surface area (Å²) in [6, 6.07) is 11.0. The maximum Gasteiger partial charge on any atom is 0.248 e. The van der Waals surface area contributed by atoms with Crippen molar-refractivity contribution in [1.29, 1.82) is 0 Å². The predicted molar refractivity (Wildman–Crippen MR) is 103 cm³/mol. The van der Waals surface area contributed by atoms with Crippen molar-refractivity contribution in [3.63, 3.8) is 0 Å². The van der Waals surface area contributed by atoms with Crippen LogP contribution in [0.2, 0.25) is 0 Å². The first-order valence-corrected chi connectivity index (χ1v) is 9.41. The van der Waals surface area contributed by atoms with Crippen LogP contribution in [0.25, 0.3) is 11.4 Å². The Morgan fingerprint density at radius 1 is 1.26 bits per heavy atom. The van der Waals surface area contributed by atoms with E-state index in [2.05, 4.69) is 34.3 Å². The van der Waals surface area contributed by atoms with E-state index in [9.17, 15) is 9.59 Å². The lowest BCUT2D eigenvalue weighted by molar-refractivity contribution is -0.120. The first kappa shape index (κ1) is 18.9. The monoisotopic (exact) mass is 384 g/mol. The lowest BCUT2D eigenvalue weighted by Crippen LogP contribution is -2.24. The Morgan fingerprint density at radius 2 is 2.04 bits per heavy atom. The van der Waals surface area contributed by atoms with E-state index in [-0.39, 0.29) is 30.3 Å². The van der Waals surface area contributed by atoms with Gasteiger partial charge in [0.2, 0.25) is 23.2 Å². The van der Waals surface area contributed by atoms with Gasteiger partial charge in [-0.2, -0.15) is 4.98 Å². The Bertz CT molecular complexity index is 963. The van der Waals surface area contributed by atoms with Gasteiger partial charge in [0, 0.05) is 28.0 Å². The Kier molecular flexibility index (Phi) is 6.08.